The van der Waals surface area contributed by atoms with Gasteiger partial charge in [0.05, 0.1) is 6.04 Å². The Morgan fingerprint density at radius 1 is 1.44 bits per heavy atom. The predicted molar refractivity (Wildman–Crippen MR) is 69.0 cm³/mol. The average molecular weight is 256 g/mol. The number of hydrogen-bond donors (Lipinski definition) is 2. The predicted octanol–water partition coefficient (Wildman–Crippen LogP) is 1.07. The van der Waals surface area contributed by atoms with Crippen molar-refractivity contribution in [1.29, 1.82) is 0 Å². The van der Waals surface area contributed by atoms with E-state index in [1.54, 1.807) is 4.90 Å². The Morgan fingerprint density at radius 3 is 2.67 bits per heavy atom. The van der Waals surface area contributed by atoms with Crippen molar-refractivity contribution < 1.29 is 14.7 Å². The highest BCUT2D eigenvalue weighted by Gasteiger charge is 2.28. The first kappa shape index (κ1) is 15.0. The maximum absolute atomic E-state index is 12.1. The molecule has 0 aromatic rings. The number of carbonyl (C=O) groups excluding carboxylic acids is 1. The molecule has 1 saturated heterocycles. The van der Waals surface area contributed by atoms with E-state index >= 15 is 0 Å². The second-order valence-electron chi connectivity index (χ2n) is 5.49. The molecule has 0 aliphatic carbocycles. The second kappa shape index (κ2) is 6.73. The second-order valence-corrected chi connectivity index (χ2v) is 5.49. The standard InChI is InChI=1S/C13H24N2O3/c1-9(2)12(14)13(18)15-7-3-4-10(8-15)5-6-11(16)17/h9-10,12H,3-8,14H2,1-2H3,(H,16,17)/t10?,12-/m1/s1. The van der Waals surface area contributed by atoms with E-state index in [4.69, 9.17) is 10.8 Å². The molecule has 1 aliphatic heterocycles. The van der Waals surface area contributed by atoms with Gasteiger partial charge in [0, 0.05) is 19.5 Å². The molecule has 0 spiro atoms. The van der Waals surface area contributed by atoms with Gasteiger partial charge in [-0.3, -0.25) is 9.59 Å². The van der Waals surface area contributed by atoms with Gasteiger partial charge in [0.2, 0.25) is 5.91 Å². The van der Waals surface area contributed by atoms with Crippen molar-refractivity contribution in [2.75, 3.05) is 13.1 Å². The lowest BCUT2D eigenvalue weighted by atomic mass is 9.92. The van der Waals surface area contributed by atoms with Gasteiger partial charge in [-0.15, -0.1) is 0 Å². The molecule has 5 heteroatoms. The number of carboxylic acid groups (broad SMARTS) is 1. The third-order valence-electron chi connectivity index (χ3n) is 3.60. The fourth-order valence-corrected chi connectivity index (χ4v) is 2.32. The number of nitrogens with zero attached hydrogens (tertiary/aromatic N) is 1. The van der Waals surface area contributed by atoms with Crippen LogP contribution in [0.4, 0.5) is 0 Å². The molecule has 2 atom stereocenters. The fraction of sp³-hybridized carbons (Fsp3) is 0.846. The van der Waals surface area contributed by atoms with Crippen molar-refractivity contribution in [3.63, 3.8) is 0 Å². The van der Waals surface area contributed by atoms with E-state index in [9.17, 15) is 9.59 Å². The molecule has 0 bridgehead atoms. The van der Waals surface area contributed by atoms with Crippen molar-refractivity contribution in [1.82, 2.24) is 4.90 Å². The van der Waals surface area contributed by atoms with Crippen LogP contribution in [0, 0.1) is 11.8 Å². The minimum Gasteiger partial charge on any atom is -0.481 e. The van der Waals surface area contributed by atoms with Crippen LogP contribution in [0.3, 0.4) is 0 Å². The molecule has 0 aromatic carbocycles. The van der Waals surface area contributed by atoms with Crippen LogP contribution in [0.1, 0.15) is 39.5 Å². The third-order valence-corrected chi connectivity index (χ3v) is 3.60. The monoisotopic (exact) mass is 256 g/mol. The van der Waals surface area contributed by atoms with Gasteiger partial charge in [0.1, 0.15) is 0 Å². The molecule has 0 radical (unpaired) electrons. The number of carbonyl (C=O) groups is 2. The van der Waals surface area contributed by atoms with Gasteiger partial charge in [0.15, 0.2) is 0 Å². The van der Waals surface area contributed by atoms with Crippen LogP contribution >= 0.6 is 0 Å². The normalized spacial score (nSPS) is 22.0. The maximum atomic E-state index is 12.1. The van der Waals surface area contributed by atoms with Gasteiger partial charge in [-0.2, -0.15) is 0 Å². The smallest absolute Gasteiger partial charge is 0.303 e. The van der Waals surface area contributed by atoms with Gasteiger partial charge >= 0.3 is 5.97 Å². The first-order valence-electron chi connectivity index (χ1n) is 6.68. The fourth-order valence-electron chi connectivity index (χ4n) is 2.32. The Balaban J connectivity index is 2.47. The van der Waals surface area contributed by atoms with Crippen molar-refractivity contribution in [3.05, 3.63) is 0 Å². The number of nitrogens with two attached hydrogens (primary N) is 1. The average Bonchev–Trinajstić information content (AvgIpc) is 2.34. The molecule has 3 N–H and O–H groups in total. The molecule has 1 amide bonds. The molecule has 1 unspecified atom stereocenters. The topological polar surface area (TPSA) is 83.6 Å². The molecule has 1 aliphatic rings. The number of likely N-dealkylation sites (tertiary alicyclic amines) is 1. The molecule has 18 heavy (non-hydrogen) atoms. The minimum atomic E-state index is -0.766. The molecule has 0 aromatic heterocycles. The SMILES string of the molecule is CC(C)[C@@H](N)C(=O)N1CCCC(CCC(=O)O)C1. The minimum absolute atomic E-state index is 0.00465. The number of carboxylic acids is 1. The van der Waals surface area contributed by atoms with Crippen molar-refractivity contribution >= 4 is 11.9 Å². The van der Waals surface area contributed by atoms with Crippen molar-refractivity contribution in [2.24, 2.45) is 17.6 Å². The first-order chi connectivity index (χ1) is 8.41. The van der Waals surface area contributed by atoms with E-state index in [0.29, 0.717) is 18.9 Å². The highest BCUT2D eigenvalue weighted by molar-refractivity contribution is 5.82. The summed E-state index contributed by atoms with van der Waals surface area (Å²) < 4.78 is 0. The molecule has 0 saturated carbocycles. The quantitative estimate of drug-likeness (QED) is 0.770. The Morgan fingerprint density at radius 2 is 2.11 bits per heavy atom. The number of amides is 1. The van der Waals surface area contributed by atoms with Crippen molar-refractivity contribution in [3.8, 4) is 0 Å². The van der Waals surface area contributed by atoms with Crippen LogP contribution in [0.15, 0.2) is 0 Å². The van der Waals surface area contributed by atoms with E-state index < -0.39 is 12.0 Å². The van der Waals surface area contributed by atoms with E-state index in [-0.39, 0.29) is 18.2 Å². The molecule has 5 nitrogen and oxygen atoms in total. The highest BCUT2D eigenvalue weighted by atomic mass is 16.4. The van der Waals surface area contributed by atoms with Crippen LogP contribution in [-0.4, -0.2) is 41.0 Å². The largest absolute Gasteiger partial charge is 0.481 e. The summed E-state index contributed by atoms with van der Waals surface area (Å²) in [5.74, 6) is -0.322. The van der Waals surface area contributed by atoms with E-state index in [0.717, 1.165) is 19.4 Å². The van der Waals surface area contributed by atoms with E-state index in [1.807, 2.05) is 13.8 Å². The number of hydrogen-bond acceptors (Lipinski definition) is 3. The van der Waals surface area contributed by atoms with Crippen LogP contribution in [0.2, 0.25) is 0 Å². The zero-order valence-corrected chi connectivity index (χ0v) is 11.3. The first-order valence-corrected chi connectivity index (χ1v) is 6.68. The Hall–Kier alpha value is -1.10. The van der Waals surface area contributed by atoms with Gasteiger partial charge < -0.3 is 15.7 Å². The summed E-state index contributed by atoms with van der Waals surface area (Å²) >= 11 is 0. The number of piperidine rings is 1. The molecule has 1 rings (SSSR count). The van der Waals surface area contributed by atoms with E-state index in [1.165, 1.54) is 0 Å². The van der Waals surface area contributed by atoms with Crippen molar-refractivity contribution in [2.45, 2.75) is 45.6 Å². The number of aliphatic carboxylic acids is 1. The summed E-state index contributed by atoms with van der Waals surface area (Å²) in [4.78, 5) is 24.5. The Labute approximate surface area is 108 Å². The summed E-state index contributed by atoms with van der Waals surface area (Å²) in [5, 5.41) is 8.68. The Kier molecular flexibility index (Phi) is 5.59. The van der Waals surface area contributed by atoms with Crippen LogP contribution < -0.4 is 5.73 Å². The van der Waals surface area contributed by atoms with Crippen LogP contribution in [0.5, 0.6) is 0 Å². The van der Waals surface area contributed by atoms with Crippen LogP contribution in [-0.2, 0) is 9.59 Å². The lowest BCUT2D eigenvalue weighted by Crippen LogP contribution is -2.50. The molecule has 1 fully saturated rings. The Bertz CT molecular complexity index is 305. The maximum Gasteiger partial charge on any atom is 0.303 e. The van der Waals surface area contributed by atoms with Gasteiger partial charge in [0.25, 0.3) is 0 Å². The summed E-state index contributed by atoms with van der Waals surface area (Å²) in [6, 6.07) is -0.441. The van der Waals surface area contributed by atoms with Gasteiger partial charge in [-0.25, -0.2) is 0 Å². The highest BCUT2D eigenvalue weighted by Crippen LogP contribution is 2.22. The molecular weight excluding hydrogens is 232 g/mol. The molecular formula is C13H24N2O3. The summed E-state index contributed by atoms with van der Waals surface area (Å²) in [7, 11) is 0. The molecule has 104 valence electrons. The zero-order valence-electron chi connectivity index (χ0n) is 11.3. The third kappa shape index (κ3) is 4.29. The lowest BCUT2D eigenvalue weighted by Gasteiger charge is -2.34. The van der Waals surface area contributed by atoms with Crippen LogP contribution in [0.25, 0.3) is 0 Å². The van der Waals surface area contributed by atoms with Gasteiger partial charge in [-0.05, 0) is 31.1 Å². The zero-order chi connectivity index (χ0) is 13.7. The molecule has 1 heterocycles. The van der Waals surface area contributed by atoms with E-state index in [2.05, 4.69) is 0 Å². The lowest BCUT2D eigenvalue weighted by molar-refractivity contribution is -0.137. The number of rotatable bonds is 5. The van der Waals surface area contributed by atoms with Gasteiger partial charge in [-0.1, -0.05) is 13.8 Å². The summed E-state index contributed by atoms with van der Waals surface area (Å²) in [6.45, 7) is 5.29. The summed E-state index contributed by atoms with van der Waals surface area (Å²) in [5.41, 5.74) is 5.87. The summed E-state index contributed by atoms with van der Waals surface area (Å²) in [6.07, 6.45) is 2.79.